The predicted molar refractivity (Wildman–Crippen MR) is 76.5 cm³/mol. The second kappa shape index (κ2) is 6.36. The summed E-state index contributed by atoms with van der Waals surface area (Å²) < 4.78 is 37.5. The molecule has 22 heavy (non-hydrogen) atoms. The number of halogens is 4. The van der Waals surface area contributed by atoms with Crippen LogP contribution in [0.4, 0.5) is 13.2 Å². The maximum absolute atomic E-state index is 12.5. The van der Waals surface area contributed by atoms with Gasteiger partial charge in [0, 0.05) is 25.4 Å². The molecule has 0 saturated heterocycles. The number of alkyl halides is 3. The van der Waals surface area contributed by atoms with E-state index in [-0.39, 0.29) is 17.6 Å². The Hall–Kier alpha value is -2.08. The van der Waals surface area contributed by atoms with Gasteiger partial charge in [0.1, 0.15) is 5.15 Å². The fraction of sp³-hybridized carbons (Fsp3) is 0.200. The molecule has 3 nitrogen and oxygen atoms in total. The molecule has 1 amide bonds. The molecule has 7 heteroatoms. The van der Waals surface area contributed by atoms with Crippen LogP contribution in [-0.4, -0.2) is 22.8 Å². The van der Waals surface area contributed by atoms with E-state index in [4.69, 9.17) is 11.6 Å². The Kier molecular flexibility index (Phi) is 4.71. The molecule has 0 N–H and O–H groups in total. The standard InChI is InChI=1S/C15H12ClF3N2O/c1-21(14(22)11-6-7-20-13(16)8-11)9-10-2-4-12(5-3-10)15(17,18)19/h2-8H,9H2,1H3. The third kappa shape index (κ3) is 3.98. The predicted octanol–water partition coefficient (Wildman–Crippen LogP) is 4.03. The lowest BCUT2D eigenvalue weighted by Gasteiger charge is -2.18. The van der Waals surface area contributed by atoms with E-state index in [1.807, 2.05) is 0 Å². The fourth-order valence-corrected chi connectivity index (χ4v) is 2.07. The highest BCUT2D eigenvalue weighted by atomic mass is 35.5. The van der Waals surface area contributed by atoms with Gasteiger partial charge in [-0.2, -0.15) is 13.2 Å². The van der Waals surface area contributed by atoms with Crippen molar-refractivity contribution in [3.8, 4) is 0 Å². The zero-order valence-corrected chi connectivity index (χ0v) is 12.3. The van der Waals surface area contributed by atoms with Crippen LogP contribution in [0.5, 0.6) is 0 Å². The topological polar surface area (TPSA) is 33.2 Å². The van der Waals surface area contributed by atoms with Crippen LogP contribution in [0.3, 0.4) is 0 Å². The van der Waals surface area contributed by atoms with Crippen LogP contribution in [0.2, 0.25) is 5.15 Å². The summed E-state index contributed by atoms with van der Waals surface area (Å²) in [6.07, 6.45) is -2.95. The van der Waals surface area contributed by atoms with Gasteiger partial charge >= 0.3 is 6.18 Å². The number of aromatic nitrogens is 1. The van der Waals surface area contributed by atoms with Crippen LogP contribution in [-0.2, 0) is 12.7 Å². The van der Waals surface area contributed by atoms with Crippen molar-refractivity contribution in [1.82, 2.24) is 9.88 Å². The zero-order valence-electron chi connectivity index (χ0n) is 11.6. The highest BCUT2D eigenvalue weighted by molar-refractivity contribution is 6.29. The highest BCUT2D eigenvalue weighted by Crippen LogP contribution is 2.29. The maximum atomic E-state index is 12.5. The van der Waals surface area contributed by atoms with Crippen molar-refractivity contribution in [2.45, 2.75) is 12.7 Å². The van der Waals surface area contributed by atoms with Crippen molar-refractivity contribution in [3.05, 3.63) is 64.4 Å². The minimum absolute atomic E-state index is 0.191. The van der Waals surface area contributed by atoms with Gasteiger partial charge < -0.3 is 4.90 Å². The Labute approximate surface area is 130 Å². The van der Waals surface area contributed by atoms with Gasteiger partial charge in [-0.3, -0.25) is 4.79 Å². The van der Waals surface area contributed by atoms with Crippen molar-refractivity contribution >= 4 is 17.5 Å². The Morgan fingerprint density at radius 1 is 1.23 bits per heavy atom. The zero-order chi connectivity index (χ0) is 16.3. The van der Waals surface area contributed by atoms with Gasteiger partial charge in [0.05, 0.1) is 5.56 Å². The first-order valence-corrected chi connectivity index (χ1v) is 6.68. The van der Waals surface area contributed by atoms with Crippen molar-refractivity contribution in [2.24, 2.45) is 0 Å². The molecular weight excluding hydrogens is 317 g/mol. The second-order valence-corrected chi connectivity index (χ2v) is 5.11. The molecule has 0 spiro atoms. The average Bonchev–Trinajstić information content (AvgIpc) is 2.46. The number of carbonyl (C=O) groups is 1. The monoisotopic (exact) mass is 328 g/mol. The normalized spacial score (nSPS) is 11.3. The second-order valence-electron chi connectivity index (χ2n) is 4.72. The minimum atomic E-state index is -4.37. The Morgan fingerprint density at radius 2 is 1.86 bits per heavy atom. The largest absolute Gasteiger partial charge is 0.416 e. The summed E-state index contributed by atoms with van der Waals surface area (Å²) >= 11 is 5.73. The molecule has 2 rings (SSSR count). The third-order valence-corrected chi connectivity index (χ3v) is 3.23. The van der Waals surface area contributed by atoms with Crippen molar-refractivity contribution < 1.29 is 18.0 Å². The lowest BCUT2D eigenvalue weighted by molar-refractivity contribution is -0.137. The van der Waals surface area contributed by atoms with E-state index in [2.05, 4.69) is 4.98 Å². The first-order valence-electron chi connectivity index (χ1n) is 6.30. The summed E-state index contributed by atoms with van der Waals surface area (Å²) in [5, 5.41) is 0.203. The summed E-state index contributed by atoms with van der Waals surface area (Å²) in [4.78, 5) is 17.4. The van der Waals surface area contributed by atoms with Crippen molar-refractivity contribution in [2.75, 3.05) is 7.05 Å². The number of benzene rings is 1. The van der Waals surface area contributed by atoms with E-state index in [1.54, 1.807) is 7.05 Å². The number of hydrogen-bond donors (Lipinski definition) is 0. The summed E-state index contributed by atoms with van der Waals surface area (Å²) in [6, 6.07) is 7.66. The average molecular weight is 329 g/mol. The summed E-state index contributed by atoms with van der Waals surface area (Å²) in [5.41, 5.74) is 0.254. The van der Waals surface area contributed by atoms with Crippen molar-refractivity contribution in [1.29, 1.82) is 0 Å². The molecule has 0 unspecified atom stereocenters. The van der Waals surface area contributed by atoms with Gasteiger partial charge in [-0.1, -0.05) is 23.7 Å². The van der Waals surface area contributed by atoms with Gasteiger partial charge in [0.15, 0.2) is 0 Å². The lowest BCUT2D eigenvalue weighted by Crippen LogP contribution is -2.26. The number of nitrogens with zero attached hydrogens (tertiary/aromatic N) is 2. The molecule has 0 atom stereocenters. The van der Waals surface area contributed by atoms with Gasteiger partial charge in [0.2, 0.25) is 0 Å². The molecule has 1 aromatic heterocycles. The van der Waals surface area contributed by atoms with E-state index in [0.717, 1.165) is 12.1 Å². The molecule has 0 fully saturated rings. The molecule has 0 aliphatic carbocycles. The molecule has 0 radical (unpaired) electrons. The van der Waals surface area contributed by atoms with Gasteiger partial charge in [-0.05, 0) is 29.8 Å². The molecule has 2 aromatic rings. The molecular formula is C15H12ClF3N2O. The SMILES string of the molecule is CN(Cc1ccc(C(F)(F)F)cc1)C(=O)c1ccnc(Cl)c1. The van der Waals surface area contributed by atoms with E-state index in [1.165, 1.54) is 35.4 Å². The molecule has 0 aliphatic rings. The van der Waals surface area contributed by atoms with Crippen LogP contribution in [0.1, 0.15) is 21.5 Å². The molecule has 1 heterocycles. The van der Waals surface area contributed by atoms with Crippen LogP contribution in [0.25, 0.3) is 0 Å². The van der Waals surface area contributed by atoms with Gasteiger partial charge in [-0.15, -0.1) is 0 Å². The van der Waals surface area contributed by atoms with Gasteiger partial charge in [-0.25, -0.2) is 4.98 Å². The lowest BCUT2D eigenvalue weighted by atomic mass is 10.1. The van der Waals surface area contributed by atoms with Gasteiger partial charge in [0.25, 0.3) is 5.91 Å². The molecule has 0 saturated carbocycles. The highest BCUT2D eigenvalue weighted by Gasteiger charge is 2.30. The molecule has 0 bridgehead atoms. The van der Waals surface area contributed by atoms with Crippen LogP contribution in [0.15, 0.2) is 42.6 Å². The van der Waals surface area contributed by atoms with E-state index in [9.17, 15) is 18.0 Å². The molecule has 0 aliphatic heterocycles. The number of hydrogen-bond acceptors (Lipinski definition) is 2. The molecule has 116 valence electrons. The van der Waals surface area contributed by atoms with E-state index < -0.39 is 11.7 Å². The summed E-state index contributed by atoms with van der Waals surface area (Å²) in [5.74, 6) is -0.288. The first-order chi connectivity index (χ1) is 10.3. The van der Waals surface area contributed by atoms with E-state index in [0.29, 0.717) is 11.1 Å². The molecule has 1 aromatic carbocycles. The summed E-state index contributed by atoms with van der Waals surface area (Å²) in [7, 11) is 1.56. The number of pyridine rings is 1. The first kappa shape index (κ1) is 16.3. The van der Waals surface area contributed by atoms with Crippen molar-refractivity contribution in [3.63, 3.8) is 0 Å². The van der Waals surface area contributed by atoms with Crippen LogP contribution >= 0.6 is 11.6 Å². The quantitative estimate of drug-likeness (QED) is 0.797. The number of rotatable bonds is 3. The number of amides is 1. The third-order valence-electron chi connectivity index (χ3n) is 3.02. The minimum Gasteiger partial charge on any atom is -0.337 e. The Bertz CT molecular complexity index is 671. The van der Waals surface area contributed by atoms with Crippen LogP contribution < -0.4 is 0 Å². The fourth-order valence-electron chi connectivity index (χ4n) is 1.90. The maximum Gasteiger partial charge on any atom is 0.416 e. The summed E-state index contributed by atoms with van der Waals surface area (Å²) in [6.45, 7) is 0.191. The smallest absolute Gasteiger partial charge is 0.337 e. The Morgan fingerprint density at radius 3 is 2.41 bits per heavy atom. The Balaban J connectivity index is 2.08. The van der Waals surface area contributed by atoms with Crippen LogP contribution in [0, 0.1) is 0 Å². The van der Waals surface area contributed by atoms with E-state index >= 15 is 0 Å². The number of carbonyl (C=O) groups excluding carboxylic acids is 1.